The van der Waals surface area contributed by atoms with Gasteiger partial charge in [0.25, 0.3) is 0 Å². The summed E-state index contributed by atoms with van der Waals surface area (Å²) in [5.41, 5.74) is 1.37. The summed E-state index contributed by atoms with van der Waals surface area (Å²) in [6.07, 6.45) is 5.20. The zero-order chi connectivity index (χ0) is 26.2. The molecule has 0 spiro atoms. The van der Waals surface area contributed by atoms with E-state index in [4.69, 9.17) is 27.9 Å². The Kier molecular flexibility index (Phi) is 7.19. The minimum Gasteiger partial charge on any atom is -0.486 e. The number of ether oxygens (including phenoxy) is 1. The molecular formula is C25H27Cl2N5O4S. The van der Waals surface area contributed by atoms with Gasteiger partial charge in [-0.1, -0.05) is 36.2 Å². The van der Waals surface area contributed by atoms with E-state index >= 15 is 0 Å². The molecule has 5 rings (SSSR count). The van der Waals surface area contributed by atoms with Gasteiger partial charge in [-0.15, -0.1) is 0 Å². The van der Waals surface area contributed by atoms with Crippen LogP contribution in [-0.4, -0.2) is 60.3 Å². The number of benzene rings is 1. The van der Waals surface area contributed by atoms with Crippen LogP contribution >= 0.6 is 23.2 Å². The van der Waals surface area contributed by atoms with E-state index in [1.807, 2.05) is 4.90 Å². The van der Waals surface area contributed by atoms with Crippen LogP contribution < -0.4 is 15.2 Å². The maximum absolute atomic E-state index is 13.5. The van der Waals surface area contributed by atoms with Crippen LogP contribution in [0.3, 0.4) is 0 Å². The molecule has 0 bridgehead atoms. The lowest BCUT2D eigenvalue weighted by atomic mass is 10.2. The standard InChI is InChI=1S/C25H27Cl2N5O4S/c1-25(6-7-25)17-36-23-21(15-29-32(24(23)33)20-4-2-3-19(26)14-20)30-9-11-31(12-10-30)37(34,35)16-18-5-8-28-22(27)13-18/h2-5,8,13-15H,6-7,9-12,16-17H2,1H3. The van der Waals surface area contributed by atoms with E-state index in [9.17, 15) is 13.2 Å². The summed E-state index contributed by atoms with van der Waals surface area (Å²) in [4.78, 5) is 19.4. The second kappa shape index (κ2) is 10.2. The van der Waals surface area contributed by atoms with Crippen molar-refractivity contribution in [2.75, 3.05) is 37.7 Å². The number of halogens is 2. The van der Waals surface area contributed by atoms with Gasteiger partial charge in [-0.2, -0.15) is 14.1 Å². The van der Waals surface area contributed by atoms with Gasteiger partial charge >= 0.3 is 5.56 Å². The fourth-order valence-corrected chi connectivity index (χ4v) is 6.11. The number of pyridine rings is 1. The maximum atomic E-state index is 13.5. The molecule has 0 N–H and O–H groups in total. The van der Waals surface area contributed by atoms with Crippen molar-refractivity contribution in [3.05, 3.63) is 74.9 Å². The number of aromatic nitrogens is 3. The Morgan fingerprint density at radius 2 is 1.84 bits per heavy atom. The van der Waals surface area contributed by atoms with Gasteiger partial charge in [-0.3, -0.25) is 4.79 Å². The molecule has 1 aliphatic carbocycles. The number of hydrogen-bond donors (Lipinski definition) is 0. The van der Waals surface area contributed by atoms with Crippen molar-refractivity contribution in [2.24, 2.45) is 5.41 Å². The largest absolute Gasteiger partial charge is 0.486 e. The number of anilines is 1. The van der Waals surface area contributed by atoms with E-state index in [2.05, 4.69) is 17.0 Å². The van der Waals surface area contributed by atoms with Crippen molar-refractivity contribution in [3.8, 4) is 11.4 Å². The Hall–Kier alpha value is -2.66. The normalized spacial score (nSPS) is 17.5. The Bertz CT molecular complexity index is 1470. The molecule has 1 saturated heterocycles. The van der Waals surface area contributed by atoms with Crippen LogP contribution in [0.2, 0.25) is 10.2 Å². The first-order chi connectivity index (χ1) is 17.6. The average molecular weight is 564 g/mol. The van der Waals surface area contributed by atoms with Crippen LogP contribution in [0.25, 0.3) is 5.69 Å². The molecule has 2 aromatic heterocycles. The summed E-state index contributed by atoms with van der Waals surface area (Å²) < 4.78 is 34.9. The minimum absolute atomic E-state index is 0.0660. The van der Waals surface area contributed by atoms with Crippen molar-refractivity contribution in [2.45, 2.75) is 25.5 Å². The van der Waals surface area contributed by atoms with Crippen LogP contribution in [0, 0.1) is 5.41 Å². The maximum Gasteiger partial charge on any atom is 0.316 e. The van der Waals surface area contributed by atoms with Crippen molar-refractivity contribution >= 4 is 38.9 Å². The monoisotopic (exact) mass is 563 g/mol. The highest BCUT2D eigenvalue weighted by Crippen LogP contribution is 2.45. The minimum atomic E-state index is -3.55. The predicted molar refractivity (Wildman–Crippen MR) is 143 cm³/mol. The molecule has 12 heteroatoms. The van der Waals surface area contributed by atoms with E-state index in [1.165, 1.54) is 15.2 Å². The quantitative estimate of drug-likeness (QED) is 0.385. The van der Waals surface area contributed by atoms with Crippen LogP contribution in [0.5, 0.6) is 5.75 Å². The molecule has 196 valence electrons. The topological polar surface area (TPSA) is 97.6 Å². The van der Waals surface area contributed by atoms with Crippen LogP contribution in [-0.2, 0) is 15.8 Å². The number of hydrogen-bond acceptors (Lipinski definition) is 7. The first-order valence-electron chi connectivity index (χ1n) is 12.0. The predicted octanol–water partition coefficient (Wildman–Crippen LogP) is 3.77. The Morgan fingerprint density at radius 3 is 2.51 bits per heavy atom. The molecule has 0 radical (unpaired) electrons. The van der Waals surface area contributed by atoms with Gasteiger partial charge < -0.3 is 9.64 Å². The zero-order valence-corrected chi connectivity index (χ0v) is 22.6. The van der Waals surface area contributed by atoms with Crippen LogP contribution in [0.4, 0.5) is 5.69 Å². The highest BCUT2D eigenvalue weighted by atomic mass is 35.5. The summed E-state index contributed by atoms with van der Waals surface area (Å²) in [5, 5.41) is 5.14. The van der Waals surface area contributed by atoms with Gasteiger partial charge in [-0.05, 0) is 48.7 Å². The highest BCUT2D eigenvalue weighted by Gasteiger charge is 2.39. The van der Waals surface area contributed by atoms with Crippen molar-refractivity contribution < 1.29 is 13.2 Å². The summed E-state index contributed by atoms with van der Waals surface area (Å²) in [6.45, 7) is 3.89. The fourth-order valence-electron chi connectivity index (χ4n) is 4.23. The average Bonchev–Trinajstić information content (AvgIpc) is 3.60. The first-order valence-corrected chi connectivity index (χ1v) is 14.3. The summed E-state index contributed by atoms with van der Waals surface area (Å²) in [7, 11) is -3.55. The van der Waals surface area contributed by atoms with E-state index < -0.39 is 10.0 Å². The third-order valence-electron chi connectivity index (χ3n) is 6.75. The van der Waals surface area contributed by atoms with E-state index in [-0.39, 0.29) is 40.7 Å². The van der Waals surface area contributed by atoms with Gasteiger partial charge in [-0.25, -0.2) is 13.4 Å². The summed E-state index contributed by atoms with van der Waals surface area (Å²) >= 11 is 12.0. The third kappa shape index (κ3) is 5.93. The Balaban J connectivity index is 1.37. The molecule has 37 heavy (non-hydrogen) atoms. The van der Waals surface area contributed by atoms with Gasteiger partial charge in [0, 0.05) is 42.8 Å². The Morgan fingerprint density at radius 1 is 1.08 bits per heavy atom. The first kappa shape index (κ1) is 26.0. The van der Waals surface area contributed by atoms with E-state index in [0.29, 0.717) is 41.7 Å². The molecule has 1 aromatic carbocycles. The summed E-state index contributed by atoms with van der Waals surface area (Å²) in [5.74, 6) is 0.0604. The molecule has 0 atom stereocenters. The molecule has 0 unspecified atom stereocenters. The van der Waals surface area contributed by atoms with E-state index in [0.717, 1.165) is 12.8 Å². The lowest BCUT2D eigenvalue weighted by molar-refractivity contribution is 0.242. The fraction of sp³-hybridized carbons (Fsp3) is 0.400. The molecular weight excluding hydrogens is 537 g/mol. The summed E-state index contributed by atoms with van der Waals surface area (Å²) in [6, 6.07) is 10.1. The zero-order valence-electron chi connectivity index (χ0n) is 20.3. The number of sulfonamides is 1. The number of rotatable bonds is 8. The number of piperazine rings is 1. The van der Waals surface area contributed by atoms with Crippen molar-refractivity contribution in [1.29, 1.82) is 0 Å². The molecule has 3 heterocycles. The van der Waals surface area contributed by atoms with Crippen molar-refractivity contribution in [3.63, 3.8) is 0 Å². The van der Waals surface area contributed by atoms with E-state index in [1.54, 1.807) is 42.6 Å². The third-order valence-corrected chi connectivity index (χ3v) is 9.04. The lowest BCUT2D eigenvalue weighted by Crippen LogP contribution is -2.49. The molecule has 2 fully saturated rings. The van der Waals surface area contributed by atoms with Gasteiger partial charge in [0.05, 0.1) is 24.2 Å². The molecule has 2 aliphatic rings. The number of nitrogens with zero attached hydrogens (tertiary/aromatic N) is 5. The van der Waals surface area contributed by atoms with Gasteiger partial charge in [0.2, 0.25) is 15.8 Å². The second-order valence-corrected chi connectivity index (χ2v) is 12.6. The second-order valence-electron chi connectivity index (χ2n) is 9.78. The highest BCUT2D eigenvalue weighted by molar-refractivity contribution is 7.88. The Labute approximate surface area is 225 Å². The lowest BCUT2D eigenvalue weighted by Gasteiger charge is -2.35. The SMILES string of the molecule is CC1(COc2c(N3CCN(S(=O)(=O)Cc4ccnc(Cl)c4)CC3)cnn(-c3cccc(Cl)c3)c2=O)CC1. The van der Waals surface area contributed by atoms with Crippen LogP contribution in [0.1, 0.15) is 25.3 Å². The van der Waals surface area contributed by atoms with Gasteiger partial charge in [0.15, 0.2) is 0 Å². The van der Waals surface area contributed by atoms with Crippen molar-refractivity contribution in [1.82, 2.24) is 19.1 Å². The molecule has 9 nitrogen and oxygen atoms in total. The molecule has 1 saturated carbocycles. The van der Waals surface area contributed by atoms with Gasteiger partial charge in [0.1, 0.15) is 10.8 Å². The molecule has 1 aliphatic heterocycles. The molecule has 0 amide bonds. The smallest absolute Gasteiger partial charge is 0.316 e. The molecule has 3 aromatic rings. The van der Waals surface area contributed by atoms with Crippen LogP contribution in [0.15, 0.2) is 53.6 Å².